The van der Waals surface area contributed by atoms with Gasteiger partial charge >= 0.3 is 0 Å². The Balaban J connectivity index is 1.44. The Morgan fingerprint density at radius 1 is 1.32 bits per heavy atom. The zero-order valence-corrected chi connectivity index (χ0v) is 17.3. The summed E-state index contributed by atoms with van der Waals surface area (Å²) in [6.07, 6.45) is 2.74. The lowest BCUT2D eigenvalue weighted by Crippen LogP contribution is -2.35. The number of hydrogen-bond acceptors (Lipinski definition) is 5. The van der Waals surface area contributed by atoms with E-state index in [4.69, 9.17) is 0 Å². The van der Waals surface area contributed by atoms with E-state index in [1.807, 2.05) is 30.5 Å². The molecule has 3 rings (SSSR count). The van der Waals surface area contributed by atoms with Crippen molar-refractivity contribution >= 4 is 28.3 Å². The Morgan fingerprint density at radius 2 is 2.11 bits per heavy atom. The summed E-state index contributed by atoms with van der Waals surface area (Å²) in [6, 6.07) is 8.74. The molecule has 1 aliphatic rings. The lowest BCUT2D eigenvalue weighted by atomic mass is 10.0. The third-order valence-corrected chi connectivity index (χ3v) is 5.64. The number of nitrogens with zero attached hydrogens (tertiary/aromatic N) is 2. The Kier molecular flexibility index (Phi) is 7.17. The van der Waals surface area contributed by atoms with Crippen LogP contribution in [0, 0.1) is 5.92 Å². The summed E-state index contributed by atoms with van der Waals surface area (Å²) < 4.78 is 0. The molecule has 2 N–H and O–H groups in total. The first-order valence-electron chi connectivity index (χ1n) is 9.82. The zero-order valence-electron chi connectivity index (χ0n) is 16.5. The summed E-state index contributed by atoms with van der Waals surface area (Å²) >= 11 is 1.45. The fourth-order valence-electron chi connectivity index (χ4n) is 3.49. The first kappa shape index (κ1) is 20.5. The van der Waals surface area contributed by atoms with Crippen LogP contribution in [0.5, 0.6) is 0 Å². The molecule has 2 unspecified atom stereocenters. The highest BCUT2D eigenvalue weighted by atomic mass is 32.1. The van der Waals surface area contributed by atoms with Gasteiger partial charge in [-0.25, -0.2) is 4.98 Å². The van der Waals surface area contributed by atoms with E-state index in [0.29, 0.717) is 10.7 Å². The summed E-state index contributed by atoms with van der Waals surface area (Å²) in [4.78, 5) is 31.4. The van der Waals surface area contributed by atoms with Crippen molar-refractivity contribution in [3.8, 4) is 0 Å². The van der Waals surface area contributed by atoms with Crippen molar-refractivity contribution in [3.05, 3.63) is 47.0 Å². The van der Waals surface area contributed by atoms with Gasteiger partial charge < -0.3 is 10.6 Å². The van der Waals surface area contributed by atoms with E-state index in [-0.39, 0.29) is 24.3 Å². The highest BCUT2D eigenvalue weighted by molar-refractivity contribution is 7.13. The molecule has 2 aromatic rings. The predicted octanol–water partition coefficient (Wildman–Crippen LogP) is 3.52. The van der Waals surface area contributed by atoms with Crippen molar-refractivity contribution in [1.29, 1.82) is 0 Å². The van der Waals surface area contributed by atoms with Gasteiger partial charge in [-0.1, -0.05) is 25.1 Å². The van der Waals surface area contributed by atoms with Gasteiger partial charge in [0.1, 0.15) is 0 Å². The van der Waals surface area contributed by atoms with E-state index >= 15 is 0 Å². The van der Waals surface area contributed by atoms with Crippen molar-refractivity contribution < 1.29 is 9.59 Å². The number of aromatic nitrogens is 1. The number of anilines is 1. The van der Waals surface area contributed by atoms with E-state index < -0.39 is 0 Å². The van der Waals surface area contributed by atoms with Gasteiger partial charge in [0.2, 0.25) is 5.91 Å². The van der Waals surface area contributed by atoms with Gasteiger partial charge in [-0.05, 0) is 44.4 Å². The van der Waals surface area contributed by atoms with Crippen molar-refractivity contribution in [2.24, 2.45) is 5.92 Å². The van der Waals surface area contributed by atoms with E-state index in [9.17, 15) is 9.59 Å². The molecule has 2 atom stereocenters. The van der Waals surface area contributed by atoms with Gasteiger partial charge in [0, 0.05) is 36.5 Å². The molecule has 0 bridgehead atoms. The second kappa shape index (κ2) is 9.80. The van der Waals surface area contributed by atoms with Crippen LogP contribution in [0.1, 0.15) is 49.2 Å². The quantitative estimate of drug-likeness (QED) is 0.746. The molecular weight excluding hydrogens is 372 g/mol. The molecule has 1 aromatic carbocycles. The Hall–Kier alpha value is -2.25. The van der Waals surface area contributed by atoms with Gasteiger partial charge in [0.05, 0.1) is 5.69 Å². The summed E-state index contributed by atoms with van der Waals surface area (Å²) in [5.41, 5.74) is 1.59. The number of likely N-dealkylation sites (tertiary alicyclic amines) is 1. The SMILES string of the molecule is CC1CCCN(Cc2csc(NC(=O)CC(C)NC(=O)c3ccccc3)n2)C1. The highest BCUT2D eigenvalue weighted by Crippen LogP contribution is 2.21. The number of benzene rings is 1. The van der Waals surface area contributed by atoms with Crippen LogP contribution in [0.2, 0.25) is 0 Å². The molecule has 150 valence electrons. The van der Waals surface area contributed by atoms with Crippen molar-refractivity contribution in [3.63, 3.8) is 0 Å². The predicted molar refractivity (Wildman–Crippen MR) is 112 cm³/mol. The van der Waals surface area contributed by atoms with Gasteiger partial charge in [-0.2, -0.15) is 0 Å². The van der Waals surface area contributed by atoms with E-state index in [1.54, 1.807) is 12.1 Å². The minimum absolute atomic E-state index is 0.145. The number of hydrogen-bond donors (Lipinski definition) is 2. The first-order valence-corrected chi connectivity index (χ1v) is 10.7. The van der Waals surface area contributed by atoms with Crippen LogP contribution in [0.3, 0.4) is 0 Å². The smallest absolute Gasteiger partial charge is 0.251 e. The maximum atomic E-state index is 12.3. The topological polar surface area (TPSA) is 74.3 Å². The lowest BCUT2D eigenvalue weighted by molar-refractivity contribution is -0.116. The van der Waals surface area contributed by atoms with E-state index in [0.717, 1.165) is 31.2 Å². The van der Waals surface area contributed by atoms with E-state index in [1.165, 1.54) is 24.2 Å². The van der Waals surface area contributed by atoms with Crippen LogP contribution in [0.25, 0.3) is 0 Å². The largest absolute Gasteiger partial charge is 0.349 e. The maximum Gasteiger partial charge on any atom is 0.251 e. The highest BCUT2D eigenvalue weighted by Gasteiger charge is 2.18. The maximum absolute atomic E-state index is 12.3. The molecule has 0 saturated carbocycles. The summed E-state index contributed by atoms with van der Waals surface area (Å²) in [7, 11) is 0. The Morgan fingerprint density at radius 3 is 2.86 bits per heavy atom. The fraction of sp³-hybridized carbons (Fsp3) is 0.476. The van der Waals surface area contributed by atoms with Crippen molar-refractivity contribution in [2.75, 3.05) is 18.4 Å². The molecule has 1 aliphatic heterocycles. The molecule has 0 spiro atoms. The van der Waals surface area contributed by atoms with E-state index in [2.05, 4.69) is 27.4 Å². The molecule has 2 heterocycles. The number of thiazole rings is 1. The number of carbonyl (C=O) groups excluding carboxylic acids is 2. The number of carbonyl (C=O) groups is 2. The minimum atomic E-state index is -0.262. The van der Waals surface area contributed by atoms with Crippen LogP contribution in [-0.4, -0.2) is 40.8 Å². The summed E-state index contributed by atoms with van der Waals surface area (Å²) in [5.74, 6) is 0.417. The summed E-state index contributed by atoms with van der Waals surface area (Å²) in [6.45, 7) is 7.17. The molecule has 0 aliphatic carbocycles. The van der Waals surface area contributed by atoms with Gasteiger partial charge in [0.25, 0.3) is 5.91 Å². The van der Waals surface area contributed by atoms with Crippen molar-refractivity contribution in [2.45, 2.75) is 45.7 Å². The van der Waals surface area contributed by atoms with Crippen LogP contribution >= 0.6 is 11.3 Å². The molecule has 2 amide bonds. The average Bonchev–Trinajstić information content (AvgIpc) is 3.08. The third-order valence-electron chi connectivity index (χ3n) is 4.83. The normalized spacial score (nSPS) is 18.4. The standard InChI is InChI=1S/C21H28N4O2S/c1-15-7-6-10-25(12-15)13-18-14-28-21(23-18)24-19(26)11-16(2)22-20(27)17-8-4-3-5-9-17/h3-5,8-9,14-16H,6-7,10-13H2,1-2H3,(H,22,27)(H,23,24,26). The van der Waals surface area contributed by atoms with Crippen molar-refractivity contribution in [1.82, 2.24) is 15.2 Å². The molecule has 7 heteroatoms. The van der Waals surface area contributed by atoms with Crippen LogP contribution < -0.4 is 10.6 Å². The van der Waals surface area contributed by atoms with Crippen LogP contribution in [0.4, 0.5) is 5.13 Å². The zero-order chi connectivity index (χ0) is 19.9. The van der Waals surface area contributed by atoms with Gasteiger partial charge in [-0.3, -0.25) is 14.5 Å². The monoisotopic (exact) mass is 400 g/mol. The number of rotatable bonds is 7. The van der Waals surface area contributed by atoms with Gasteiger partial charge in [0.15, 0.2) is 5.13 Å². The average molecular weight is 401 g/mol. The first-order chi connectivity index (χ1) is 13.5. The third kappa shape index (κ3) is 6.14. The number of amides is 2. The van der Waals surface area contributed by atoms with Crippen LogP contribution in [-0.2, 0) is 11.3 Å². The molecule has 0 radical (unpaired) electrons. The second-order valence-electron chi connectivity index (χ2n) is 7.62. The molecular formula is C21H28N4O2S. The molecule has 28 heavy (non-hydrogen) atoms. The molecule has 1 aromatic heterocycles. The summed E-state index contributed by atoms with van der Waals surface area (Å²) in [5, 5.41) is 8.33. The van der Waals surface area contributed by atoms with Crippen LogP contribution in [0.15, 0.2) is 35.7 Å². The Labute approximate surface area is 170 Å². The minimum Gasteiger partial charge on any atom is -0.349 e. The fourth-order valence-corrected chi connectivity index (χ4v) is 4.21. The molecule has 1 saturated heterocycles. The van der Waals surface area contributed by atoms with Gasteiger partial charge in [-0.15, -0.1) is 11.3 Å². The number of nitrogens with one attached hydrogen (secondary N) is 2. The number of piperidine rings is 1. The molecule has 1 fully saturated rings. The molecule has 6 nitrogen and oxygen atoms in total. The Bertz CT molecular complexity index is 793. The second-order valence-corrected chi connectivity index (χ2v) is 8.48. The lowest BCUT2D eigenvalue weighted by Gasteiger charge is -2.30.